The maximum Gasteiger partial charge on any atom is 0.139 e. The van der Waals surface area contributed by atoms with Crippen molar-refractivity contribution in [2.45, 2.75) is 70.3 Å². The van der Waals surface area contributed by atoms with Gasteiger partial charge in [-0.3, -0.25) is 0 Å². The van der Waals surface area contributed by atoms with E-state index in [1.165, 1.54) is 57.8 Å². The van der Waals surface area contributed by atoms with Gasteiger partial charge >= 0.3 is 0 Å². The smallest absolute Gasteiger partial charge is 0.139 e. The zero-order valence-electron chi connectivity index (χ0n) is 11.3. The molecule has 0 heterocycles. The Hall–Kier alpha value is -0.770. The zero-order valence-corrected chi connectivity index (χ0v) is 11.3. The Morgan fingerprint density at radius 3 is 2.33 bits per heavy atom. The molecule has 0 spiro atoms. The Morgan fingerprint density at radius 2 is 1.78 bits per heavy atom. The molecule has 4 nitrogen and oxygen atoms in total. The third kappa shape index (κ3) is 4.16. The molecule has 0 unspecified atom stereocenters. The van der Waals surface area contributed by atoms with Gasteiger partial charge in [-0.2, -0.15) is 0 Å². The van der Waals surface area contributed by atoms with Crippen LogP contribution in [0.5, 0.6) is 0 Å². The van der Waals surface area contributed by atoms with Gasteiger partial charge in [0.1, 0.15) is 5.84 Å². The van der Waals surface area contributed by atoms with E-state index < -0.39 is 0 Å². The first-order valence-electron chi connectivity index (χ1n) is 7.44. The maximum absolute atomic E-state index is 8.65. The third-order valence-corrected chi connectivity index (χ3v) is 4.51. The van der Waals surface area contributed by atoms with E-state index in [-0.39, 0.29) is 0 Å². The van der Waals surface area contributed by atoms with E-state index in [0.717, 1.165) is 13.0 Å². The second kappa shape index (κ2) is 6.41. The third-order valence-electron chi connectivity index (χ3n) is 4.51. The largest absolute Gasteiger partial charge is 0.409 e. The van der Waals surface area contributed by atoms with Crippen LogP contribution >= 0.6 is 0 Å². The molecule has 2 fully saturated rings. The Morgan fingerprint density at radius 1 is 1.17 bits per heavy atom. The Bertz CT molecular complexity index is 279. The fraction of sp³-hybridized carbons (Fsp3) is 0.929. The maximum atomic E-state index is 8.65. The van der Waals surface area contributed by atoms with Gasteiger partial charge in [0.05, 0.1) is 0 Å². The molecule has 0 saturated heterocycles. The van der Waals surface area contributed by atoms with Crippen molar-refractivity contribution in [3.8, 4) is 0 Å². The summed E-state index contributed by atoms with van der Waals surface area (Å²) in [7, 11) is 0. The summed E-state index contributed by atoms with van der Waals surface area (Å²) >= 11 is 0. The molecule has 0 radical (unpaired) electrons. The van der Waals surface area contributed by atoms with Crippen LogP contribution in [0.4, 0.5) is 0 Å². The van der Waals surface area contributed by atoms with Crippen molar-refractivity contribution in [3.63, 3.8) is 0 Å². The average Bonchev–Trinajstić information content (AvgIpc) is 3.08. The highest BCUT2D eigenvalue weighted by atomic mass is 16.4. The molecule has 4 N–H and O–H groups in total. The van der Waals surface area contributed by atoms with Gasteiger partial charge in [-0.15, -0.1) is 0 Å². The zero-order chi connectivity index (χ0) is 12.8. The minimum Gasteiger partial charge on any atom is -0.409 e. The molecule has 2 aliphatic rings. The molecule has 0 atom stereocenters. The van der Waals surface area contributed by atoms with E-state index in [4.69, 9.17) is 10.9 Å². The van der Waals surface area contributed by atoms with Gasteiger partial charge in [0.25, 0.3) is 0 Å². The van der Waals surface area contributed by atoms with Crippen LogP contribution in [0.3, 0.4) is 0 Å². The van der Waals surface area contributed by atoms with Gasteiger partial charge in [-0.25, -0.2) is 0 Å². The van der Waals surface area contributed by atoms with Crippen LogP contribution in [0.1, 0.15) is 64.2 Å². The fourth-order valence-electron chi connectivity index (χ4n) is 3.03. The van der Waals surface area contributed by atoms with Crippen LogP contribution in [0.15, 0.2) is 5.16 Å². The summed E-state index contributed by atoms with van der Waals surface area (Å²) < 4.78 is 0. The molecular formula is C14H27N3O. The fourth-order valence-corrected chi connectivity index (χ4v) is 3.03. The van der Waals surface area contributed by atoms with Crippen molar-refractivity contribution in [3.05, 3.63) is 0 Å². The van der Waals surface area contributed by atoms with Crippen molar-refractivity contribution < 1.29 is 5.21 Å². The lowest BCUT2D eigenvalue weighted by Crippen LogP contribution is -2.36. The number of oxime groups is 1. The van der Waals surface area contributed by atoms with Crippen molar-refractivity contribution >= 4 is 5.84 Å². The Balaban J connectivity index is 1.72. The number of amidine groups is 1. The summed E-state index contributed by atoms with van der Waals surface area (Å²) in [5.74, 6) is 0.381. The molecule has 0 bridgehead atoms. The molecule has 18 heavy (non-hydrogen) atoms. The van der Waals surface area contributed by atoms with E-state index >= 15 is 0 Å². The summed E-state index contributed by atoms with van der Waals surface area (Å²) in [5.41, 5.74) is 5.92. The summed E-state index contributed by atoms with van der Waals surface area (Å²) in [6.07, 6.45) is 12.7. The van der Waals surface area contributed by atoms with Crippen molar-refractivity contribution in [2.75, 3.05) is 6.54 Å². The normalized spacial score (nSPS) is 25.4. The van der Waals surface area contributed by atoms with Crippen LogP contribution in [0, 0.1) is 5.41 Å². The molecule has 0 aliphatic heterocycles. The average molecular weight is 253 g/mol. The summed E-state index contributed by atoms with van der Waals surface area (Å²) in [6.45, 7) is 1.04. The number of hydrogen-bond acceptors (Lipinski definition) is 3. The van der Waals surface area contributed by atoms with E-state index in [2.05, 4.69) is 10.5 Å². The highest BCUT2D eigenvalue weighted by molar-refractivity contribution is 5.80. The van der Waals surface area contributed by atoms with E-state index in [0.29, 0.717) is 17.3 Å². The molecule has 0 aromatic heterocycles. The molecule has 2 saturated carbocycles. The van der Waals surface area contributed by atoms with Crippen LogP contribution in [-0.4, -0.2) is 23.6 Å². The highest BCUT2D eigenvalue weighted by Crippen LogP contribution is 2.48. The van der Waals surface area contributed by atoms with Crippen LogP contribution in [0.25, 0.3) is 0 Å². The van der Waals surface area contributed by atoms with E-state index in [1.807, 2.05) is 0 Å². The first-order valence-corrected chi connectivity index (χ1v) is 7.44. The number of rotatable bonds is 5. The summed E-state index contributed by atoms with van der Waals surface area (Å²) in [5, 5.41) is 15.5. The van der Waals surface area contributed by atoms with Gasteiger partial charge in [-0.1, -0.05) is 37.3 Å². The topological polar surface area (TPSA) is 70.6 Å². The minimum absolute atomic E-state index is 0.290. The van der Waals surface area contributed by atoms with Gasteiger partial charge < -0.3 is 16.3 Å². The highest BCUT2D eigenvalue weighted by Gasteiger charge is 2.43. The molecule has 0 amide bonds. The number of hydrogen-bond donors (Lipinski definition) is 3. The molecule has 104 valence electrons. The Labute approximate surface area is 110 Å². The first-order chi connectivity index (χ1) is 8.74. The van der Waals surface area contributed by atoms with Gasteiger partial charge in [-0.05, 0) is 31.1 Å². The molecule has 0 aromatic carbocycles. The quantitative estimate of drug-likeness (QED) is 0.305. The number of nitrogens with two attached hydrogens (primary N) is 1. The van der Waals surface area contributed by atoms with E-state index in [1.54, 1.807) is 0 Å². The van der Waals surface area contributed by atoms with Crippen molar-refractivity contribution in [1.82, 2.24) is 5.32 Å². The van der Waals surface area contributed by atoms with Gasteiger partial charge in [0.15, 0.2) is 0 Å². The monoisotopic (exact) mass is 253 g/mol. The number of nitrogens with zero attached hydrogens (tertiary/aromatic N) is 1. The van der Waals surface area contributed by atoms with Crippen LogP contribution < -0.4 is 11.1 Å². The predicted molar refractivity (Wildman–Crippen MR) is 73.8 cm³/mol. The molecule has 0 aromatic rings. The van der Waals surface area contributed by atoms with Crippen LogP contribution in [0.2, 0.25) is 0 Å². The van der Waals surface area contributed by atoms with E-state index in [9.17, 15) is 0 Å². The summed E-state index contributed by atoms with van der Waals surface area (Å²) in [6, 6.07) is 0.690. The second-order valence-electron chi connectivity index (χ2n) is 6.19. The van der Waals surface area contributed by atoms with Gasteiger partial charge in [0.2, 0.25) is 0 Å². The molecule has 2 aliphatic carbocycles. The Kier molecular flexibility index (Phi) is 4.87. The summed E-state index contributed by atoms with van der Waals surface area (Å²) in [4.78, 5) is 0. The lowest BCUT2D eigenvalue weighted by atomic mass is 9.95. The number of nitrogens with one attached hydrogen (secondary N) is 1. The minimum atomic E-state index is 0.290. The predicted octanol–water partition coefficient (Wildman–Crippen LogP) is 2.61. The van der Waals surface area contributed by atoms with Gasteiger partial charge in [0, 0.05) is 19.0 Å². The standard InChI is InChI=1S/C14H27N3O/c15-13(17-18)10-14(8-9-14)11-16-12-6-4-2-1-3-5-7-12/h12,16,18H,1-11H2,(H2,15,17). The van der Waals surface area contributed by atoms with Crippen LogP contribution in [-0.2, 0) is 0 Å². The molecular weight excluding hydrogens is 226 g/mol. The lowest BCUT2D eigenvalue weighted by Gasteiger charge is -2.24. The first kappa shape index (κ1) is 13.7. The second-order valence-corrected chi connectivity index (χ2v) is 6.19. The molecule has 2 rings (SSSR count). The lowest BCUT2D eigenvalue weighted by molar-refractivity contribution is 0.312. The SMILES string of the molecule is NC(CC1(CNC2CCCCCCC2)CC1)=NO. The molecule has 4 heteroatoms. The van der Waals surface area contributed by atoms with Crippen molar-refractivity contribution in [2.24, 2.45) is 16.3 Å². The van der Waals surface area contributed by atoms with Crippen molar-refractivity contribution in [1.29, 1.82) is 0 Å².